The molecule has 0 saturated carbocycles. The van der Waals surface area contributed by atoms with Gasteiger partial charge in [-0.1, -0.05) is 48.5 Å². The van der Waals surface area contributed by atoms with E-state index in [9.17, 15) is 39.0 Å². The molecule has 257 valence electrons. The van der Waals surface area contributed by atoms with Crippen molar-refractivity contribution in [3.63, 3.8) is 0 Å². The van der Waals surface area contributed by atoms with Crippen molar-refractivity contribution >= 4 is 57.4 Å². The number of hydrogen-bond donors (Lipinski definition) is 0. The number of carboxylic acid groups (broad SMARTS) is 2. The van der Waals surface area contributed by atoms with E-state index >= 15 is 0 Å². The quantitative estimate of drug-likeness (QED) is 0.104. The Morgan fingerprint density at radius 3 is 1.04 bits per heavy atom. The zero-order valence-electron chi connectivity index (χ0n) is 25.3. The SMILES string of the molecule is O=C([O-])CN1C(=O)c2ccccc2C1=O.O=C([O-])CN1C(=O)c2ccccc2C1=O.[Co+2].[OH3+].[OH3+].[OH3+].[OH3+].c1cnc2c(c1)ccc1cccnc12. The second kappa shape index (κ2) is 18.4. The first kappa shape index (κ1) is 43.0. The molecular formula is C32H32CoN4O12+4. The number of aromatic nitrogens is 2. The first-order valence-electron chi connectivity index (χ1n) is 13.1. The van der Waals surface area contributed by atoms with E-state index in [1.54, 1.807) is 36.7 Å². The molecule has 1 radical (unpaired) electrons. The Morgan fingerprint density at radius 1 is 0.490 bits per heavy atom. The molecule has 5 aromatic rings. The van der Waals surface area contributed by atoms with E-state index in [2.05, 4.69) is 34.2 Å². The Kier molecular flexibility index (Phi) is 16.2. The molecule has 0 spiro atoms. The summed E-state index contributed by atoms with van der Waals surface area (Å²) in [5.41, 5.74) is 2.91. The number of carboxylic acids is 2. The summed E-state index contributed by atoms with van der Waals surface area (Å²) in [6.07, 6.45) is 3.60. The van der Waals surface area contributed by atoms with E-state index in [0.717, 1.165) is 21.8 Å². The molecule has 16 nitrogen and oxygen atoms in total. The first-order valence-corrected chi connectivity index (χ1v) is 13.1. The number of rotatable bonds is 4. The van der Waals surface area contributed by atoms with Crippen molar-refractivity contribution in [1.29, 1.82) is 0 Å². The van der Waals surface area contributed by atoms with Crippen molar-refractivity contribution in [1.82, 2.24) is 19.8 Å². The predicted molar refractivity (Wildman–Crippen MR) is 170 cm³/mol. The van der Waals surface area contributed by atoms with Crippen LogP contribution in [0.15, 0.2) is 97.3 Å². The molecule has 0 saturated heterocycles. The Labute approximate surface area is 287 Å². The summed E-state index contributed by atoms with van der Waals surface area (Å²) in [7, 11) is 0. The number of aliphatic carboxylic acids is 2. The van der Waals surface area contributed by atoms with Crippen molar-refractivity contribution in [2.45, 2.75) is 0 Å². The molecule has 0 atom stereocenters. The topological polar surface area (TPSA) is 313 Å². The third kappa shape index (κ3) is 8.90. The molecule has 0 unspecified atom stereocenters. The number of hydrogen-bond acceptors (Lipinski definition) is 10. The van der Waals surface area contributed by atoms with Gasteiger partial charge in [-0.25, -0.2) is 0 Å². The average molecular weight is 724 g/mol. The van der Waals surface area contributed by atoms with E-state index in [-0.39, 0.29) is 60.9 Å². The Hall–Kier alpha value is -5.95. The molecule has 7 rings (SSSR count). The monoisotopic (exact) mass is 723 g/mol. The van der Waals surface area contributed by atoms with Gasteiger partial charge >= 0.3 is 16.8 Å². The Bertz CT molecular complexity index is 1790. The van der Waals surface area contributed by atoms with Crippen molar-refractivity contribution in [3.05, 3.63) is 120 Å². The van der Waals surface area contributed by atoms with Crippen LogP contribution in [-0.4, -0.2) is 68.4 Å². The van der Waals surface area contributed by atoms with Crippen molar-refractivity contribution in [2.24, 2.45) is 0 Å². The smallest absolute Gasteiger partial charge is 0.548 e. The van der Waals surface area contributed by atoms with Crippen molar-refractivity contribution in [3.8, 4) is 0 Å². The number of carbonyl (C=O) groups is 6. The van der Waals surface area contributed by atoms with E-state index in [0.29, 0.717) is 9.80 Å². The Morgan fingerprint density at radius 2 is 0.776 bits per heavy atom. The molecular weight excluding hydrogens is 691 g/mol. The molecule has 0 bridgehead atoms. The summed E-state index contributed by atoms with van der Waals surface area (Å²) in [6.45, 7) is -1.40. The van der Waals surface area contributed by atoms with Gasteiger partial charge in [-0.15, -0.1) is 0 Å². The predicted octanol–water partition coefficient (Wildman–Crippen LogP) is -2.84. The fourth-order valence-corrected chi connectivity index (χ4v) is 4.70. The van der Waals surface area contributed by atoms with Gasteiger partial charge in [0.1, 0.15) is 0 Å². The van der Waals surface area contributed by atoms with Gasteiger partial charge in [-0.3, -0.25) is 38.9 Å². The number of imide groups is 2. The van der Waals surface area contributed by atoms with Gasteiger partial charge in [0.15, 0.2) is 0 Å². The maximum absolute atomic E-state index is 11.6. The van der Waals surface area contributed by atoms with Crippen LogP contribution in [0.4, 0.5) is 0 Å². The van der Waals surface area contributed by atoms with E-state index < -0.39 is 48.7 Å². The van der Waals surface area contributed by atoms with Crippen LogP contribution in [0, 0.1) is 0 Å². The van der Waals surface area contributed by atoms with Gasteiger partial charge in [0, 0.05) is 23.2 Å². The molecule has 2 aliphatic rings. The third-order valence-corrected chi connectivity index (χ3v) is 6.68. The average Bonchev–Trinajstić information content (AvgIpc) is 3.41. The summed E-state index contributed by atoms with van der Waals surface area (Å²) < 4.78 is 0. The fraction of sp³-hybridized carbons (Fsp3) is 0.0625. The molecule has 4 amide bonds. The van der Waals surface area contributed by atoms with Crippen LogP contribution in [0.25, 0.3) is 21.8 Å². The maximum atomic E-state index is 11.6. The fourth-order valence-electron chi connectivity index (χ4n) is 4.70. The molecule has 2 aliphatic heterocycles. The summed E-state index contributed by atoms with van der Waals surface area (Å²) in [4.78, 5) is 76.9. The van der Waals surface area contributed by atoms with Crippen LogP contribution >= 0.6 is 0 Å². The van der Waals surface area contributed by atoms with Gasteiger partial charge in [0.25, 0.3) is 23.6 Å². The molecule has 49 heavy (non-hydrogen) atoms. The van der Waals surface area contributed by atoms with Crippen LogP contribution in [0.2, 0.25) is 0 Å². The summed E-state index contributed by atoms with van der Waals surface area (Å²) in [5.74, 6) is -5.24. The normalized spacial score (nSPS) is 11.8. The summed E-state index contributed by atoms with van der Waals surface area (Å²) in [5, 5.41) is 23.0. The zero-order chi connectivity index (χ0) is 31.4. The minimum atomic E-state index is -1.45. The van der Waals surface area contributed by atoms with Crippen LogP contribution in [0.5, 0.6) is 0 Å². The molecule has 0 aliphatic carbocycles. The summed E-state index contributed by atoms with van der Waals surface area (Å²) >= 11 is 0. The van der Waals surface area contributed by atoms with Crippen molar-refractivity contribution < 1.29 is 77.7 Å². The maximum Gasteiger partial charge on any atom is 2.00 e. The Balaban J connectivity index is 0.000000671. The van der Waals surface area contributed by atoms with Gasteiger partial charge in [0.2, 0.25) is 0 Å². The van der Waals surface area contributed by atoms with Crippen molar-refractivity contribution in [2.75, 3.05) is 13.1 Å². The van der Waals surface area contributed by atoms with Crippen LogP contribution in [0.3, 0.4) is 0 Å². The largest absolute Gasteiger partial charge is 2.00 e. The molecule has 4 heterocycles. The second-order valence-corrected chi connectivity index (χ2v) is 9.44. The van der Waals surface area contributed by atoms with Crippen LogP contribution in [-0.2, 0) is 48.3 Å². The van der Waals surface area contributed by atoms with Crippen LogP contribution < -0.4 is 10.2 Å². The zero-order valence-corrected chi connectivity index (χ0v) is 26.4. The number of amides is 4. The van der Waals surface area contributed by atoms with Gasteiger partial charge < -0.3 is 41.7 Å². The molecule has 0 fully saturated rings. The number of benzene rings is 3. The van der Waals surface area contributed by atoms with E-state index in [1.165, 1.54) is 24.3 Å². The van der Waals surface area contributed by atoms with Gasteiger partial charge in [-0.2, -0.15) is 0 Å². The molecule has 12 N–H and O–H groups in total. The molecule has 3 aromatic carbocycles. The second-order valence-electron chi connectivity index (χ2n) is 9.44. The molecule has 2 aromatic heterocycles. The first-order chi connectivity index (χ1) is 21.2. The summed E-state index contributed by atoms with van der Waals surface area (Å²) in [6, 6.07) is 24.6. The number of nitrogens with zero attached hydrogens (tertiary/aromatic N) is 4. The van der Waals surface area contributed by atoms with Crippen LogP contribution in [0.1, 0.15) is 41.4 Å². The number of fused-ring (bicyclic) bond motifs is 5. The third-order valence-electron chi connectivity index (χ3n) is 6.68. The molecule has 17 heteroatoms. The number of pyridine rings is 2. The minimum Gasteiger partial charge on any atom is -0.548 e. The van der Waals surface area contributed by atoms with E-state index in [4.69, 9.17) is 0 Å². The number of carbonyl (C=O) groups excluding carboxylic acids is 6. The van der Waals surface area contributed by atoms with Gasteiger partial charge in [-0.05, 0) is 36.4 Å². The van der Waals surface area contributed by atoms with Gasteiger partial charge in [0.05, 0.1) is 58.3 Å². The minimum absolute atomic E-state index is 0. The standard InChI is InChI=1S/C12H8N2.2C10H7NO4.Co.4H2O/c1-3-9-5-6-10-4-2-8-14-12(10)11(9)13-7-1;2*12-8(13)5-11-9(14)6-3-1-2-4-7(6)10(11)15;;;;;/h1-8H;2*1-4H,5H2,(H,12,13);;4*1H2/q;;;+2;;;;/p+2. The van der Waals surface area contributed by atoms with E-state index in [1.807, 2.05) is 12.1 Å².